The number of hydrogen-bond donors (Lipinski definition) is 0. The molecule has 1 aliphatic rings. The first kappa shape index (κ1) is 15.4. The summed E-state index contributed by atoms with van der Waals surface area (Å²) in [5, 5.41) is 0. The lowest BCUT2D eigenvalue weighted by Crippen LogP contribution is -2.41. The topological polar surface area (TPSA) is 42.1 Å². The van der Waals surface area contributed by atoms with Gasteiger partial charge in [0.15, 0.2) is 0 Å². The molecule has 0 spiro atoms. The number of morpholine rings is 1. The fourth-order valence-corrected chi connectivity index (χ4v) is 2.29. The number of ether oxygens (including phenoxy) is 1. The number of benzene rings is 1. The summed E-state index contributed by atoms with van der Waals surface area (Å²) < 4.78 is 20.4. The third kappa shape index (κ3) is 4.04. The molecule has 6 heteroatoms. The highest BCUT2D eigenvalue weighted by Crippen LogP contribution is 2.14. The van der Waals surface area contributed by atoms with E-state index >= 15 is 0 Å². The fourth-order valence-electron chi connectivity index (χ4n) is 2.29. The quantitative estimate of drug-likeness (QED) is 0.597. The lowest BCUT2D eigenvalue weighted by Gasteiger charge is -2.27. The number of hydrogen-bond acceptors (Lipinski definition) is 2. The molecule has 0 atom stereocenters. The minimum Gasteiger partial charge on any atom is -0.378 e. The van der Waals surface area contributed by atoms with Crippen molar-refractivity contribution in [3.63, 3.8) is 0 Å². The minimum absolute atomic E-state index is 0.275. The predicted octanol–water partition coefficient (Wildman–Crippen LogP) is 2.08. The van der Waals surface area contributed by atoms with E-state index in [4.69, 9.17) is 4.74 Å². The Bertz CT molecular complexity index is 746. The van der Waals surface area contributed by atoms with Gasteiger partial charge in [0.1, 0.15) is 11.3 Å². The SMILES string of the molecule is Cn1ccccc1=NC(=Nc1ccc(F)cc1)N1CCOCC1. The van der Waals surface area contributed by atoms with E-state index in [0.29, 0.717) is 24.9 Å². The highest BCUT2D eigenvalue weighted by Gasteiger charge is 2.15. The normalized spacial score (nSPS) is 16.7. The van der Waals surface area contributed by atoms with Crippen molar-refractivity contribution in [1.29, 1.82) is 0 Å². The summed E-state index contributed by atoms with van der Waals surface area (Å²) in [6.45, 7) is 2.78. The molecule has 0 aliphatic carbocycles. The van der Waals surface area contributed by atoms with Crippen LogP contribution in [-0.4, -0.2) is 41.7 Å². The van der Waals surface area contributed by atoms with Crippen LogP contribution in [0.25, 0.3) is 0 Å². The lowest BCUT2D eigenvalue weighted by molar-refractivity contribution is 0.0675. The molecule has 120 valence electrons. The van der Waals surface area contributed by atoms with Crippen LogP contribution in [0.4, 0.5) is 10.1 Å². The van der Waals surface area contributed by atoms with Crippen LogP contribution < -0.4 is 5.49 Å². The molecule has 0 amide bonds. The molecule has 1 aromatic heterocycles. The maximum absolute atomic E-state index is 13.1. The summed E-state index contributed by atoms with van der Waals surface area (Å²) in [4.78, 5) is 11.4. The van der Waals surface area contributed by atoms with E-state index in [0.717, 1.165) is 18.6 Å². The molecule has 1 aromatic carbocycles. The molecule has 2 aromatic rings. The smallest absolute Gasteiger partial charge is 0.228 e. The van der Waals surface area contributed by atoms with E-state index in [1.54, 1.807) is 12.1 Å². The molecule has 1 fully saturated rings. The highest BCUT2D eigenvalue weighted by molar-refractivity contribution is 5.83. The maximum atomic E-state index is 13.1. The fraction of sp³-hybridized carbons (Fsp3) is 0.294. The van der Waals surface area contributed by atoms with Crippen LogP contribution in [0.2, 0.25) is 0 Å². The second kappa shape index (κ2) is 7.19. The zero-order chi connectivity index (χ0) is 16.1. The Labute approximate surface area is 134 Å². The molecule has 0 bridgehead atoms. The molecule has 23 heavy (non-hydrogen) atoms. The van der Waals surface area contributed by atoms with Crippen molar-refractivity contribution in [2.45, 2.75) is 0 Å². The van der Waals surface area contributed by atoms with E-state index in [1.165, 1.54) is 12.1 Å². The number of aromatic nitrogens is 1. The van der Waals surface area contributed by atoms with Crippen molar-refractivity contribution in [2.75, 3.05) is 26.3 Å². The second-order valence-electron chi connectivity index (χ2n) is 5.27. The molecule has 0 saturated carbocycles. The van der Waals surface area contributed by atoms with E-state index in [1.807, 2.05) is 36.0 Å². The first-order chi connectivity index (χ1) is 11.2. The number of aryl methyl sites for hydroxylation is 1. The van der Waals surface area contributed by atoms with Crippen molar-refractivity contribution < 1.29 is 9.13 Å². The van der Waals surface area contributed by atoms with Crippen LogP contribution in [0.5, 0.6) is 0 Å². The highest BCUT2D eigenvalue weighted by atomic mass is 19.1. The number of guanidine groups is 1. The summed E-state index contributed by atoms with van der Waals surface area (Å²) in [5.74, 6) is 0.338. The monoisotopic (exact) mass is 314 g/mol. The van der Waals surface area contributed by atoms with Gasteiger partial charge in [-0.1, -0.05) is 6.07 Å². The van der Waals surface area contributed by atoms with Gasteiger partial charge in [0.2, 0.25) is 5.96 Å². The van der Waals surface area contributed by atoms with E-state index in [9.17, 15) is 4.39 Å². The Morgan fingerprint density at radius 2 is 1.83 bits per heavy atom. The molecule has 2 heterocycles. The summed E-state index contributed by atoms with van der Waals surface area (Å²) in [7, 11) is 1.94. The van der Waals surface area contributed by atoms with Crippen molar-refractivity contribution in [3.8, 4) is 0 Å². The molecule has 1 aliphatic heterocycles. The molecule has 0 radical (unpaired) electrons. The molecule has 0 unspecified atom stereocenters. The summed E-state index contributed by atoms with van der Waals surface area (Å²) in [6.07, 6.45) is 1.94. The lowest BCUT2D eigenvalue weighted by atomic mass is 10.3. The largest absolute Gasteiger partial charge is 0.378 e. The summed E-state index contributed by atoms with van der Waals surface area (Å²) >= 11 is 0. The average Bonchev–Trinajstić information content (AvgIpc) is 2.59. The van der Waals surface area contributed by atoms with Gasteiger partial charge in [0, 0.05) is 26.3 Å². The summed E-state index contributed by atoms with van der Waals surface area (Å²) in [5.41, 5.74) is 1.48. The average molecular weight is 314 g/mol. The number of nitrogens with zero attached hydrogens (tertiary/aromatic N) is 4. The van der Waals surface area contributed by atoms with Gasteiger partial charge < -0.3 is 14.2 Å². The van der Waals surface area contributed by atoms with Gasteiger partial charge in [-0.15, -0.1) is 0 Å². The van der Waals surface area contributed by atoms with E-state index in [2.05, 4.69) is 14.9 Å². The van der Waals surface area contributed by atoms with Crippen LogP contribution in [0, 0.1) is 5.82 Å². The molecular weight excluding hydrogens is 295 g/mol. The number of rotatable bonds is 1. The molecule has 3 rings (SSSR count). The first-order valence-corrected chi connectivity index (χ1v) is 7.56. The third-order valence-corrected chi connectivity index (χ3v) is 3.59. The third-order valence-electron chi connectivity index (χ3n) is 3.59. The van der Waals surface area contributed by atoms with Gasteiger partial charge >= 0.3 is 0 Å². The second-order valence-corrected chi connectivity index (χ2v) is 5.27. The zero-order valence-corrected chi connectivity index (χ0v) is 13.0. The van der Waals surface area contributed by atoms with Crippen LogP contribution in [0.15, 0.2) is 58.6 Å². The summed E-state index contributed by atoms with van der Waals surface area (Å²) in [6, 6.07) is 11.9. The van der Waals surface area contributed by atoms with Crippen molar-refractivity contribution >= 4 is 11.6 Å². The Balaban J connectivity index is 2.01. The van der Waals surface area contributed by atoms with Gasteiger partial charge in [0.05, 0.1) is 18.9 Å². The van der Waals surface area contributed by atoms with Gasteiger partial charge in [-0.3, -0.25) is 0 Å². The minimum atomic E-state index is -0.275. The predicted molar refractivity (Wildman–Crippen MR) is 86.9 cm³/mol. The Hall–Kier alpha value is -2.47. The molecule has 0 N–H and O–H groups in total. The number of pyridine rings is 1. The van der Waals surface area contributed by atoms with Gasteiger partial charge in [0.25, 0.3) is 0 Å². The van der Waals surface area contributed by atoms with E-state index in [-0.39, 0.29) is 5.82 Å². The Kier molecular flexibility index (Phi) is 4.83. The Morgan fingerprint density at radius 3 is 2.52 bits per heavy atom. The van der Waals surface area contributed by atoms with Gasteiger partial charge in [-0.2, -0.15) is 4.99 Å². The first-order valence-electron chi connectivity index (χ1n) is 7.56. The van der Waals surface area contributed by atoms with Crippen LogP contribution in [0.3, 0.4) is 0 Å². The standard InChI is InChI=1S/C17H19FN4O/c1-21-9-3-2-4-16(21)20-17(22-10-12-23-13-11-22)19-15-7-5-14(18)6-8-15/h2-9H,10-13H2,1H3. The number of halogens is 1. The van der Waals surface area contributed by atoms with Crippen molar-refractivity contribution in [3.05, 3.63) is 60.0 Å². The van der Waals surface area contributed by atoms with Crippen LogP contribution in [-0.2, 0) is 11.8 Å². The van der Waals surface area contributed by atoms with Crippen molar-refractivity contribution in [2.24, 2.45) is 17.0 Å². The van der Waals surface area contributed by atoms with Gasteiger partial charge in [-0.05, 0) is 36.4 Å². The van der Waals surface area contributed by atoms with E-state index < -0.39 is 0 Å². The zero-order valence-electron chi connectivity index (χ0n) is 13.0. The molecule has 1 saturated heterocycles. The van der Waals surface area contributed by atoms with Gasteiger partial charge in [-0.25, -0.2) is 9.38 Å². The number of aliphatic imine (C=N–C) groups is 1. The van der Waals surface area contributed by atoms with Crippen molar-refractivity contribution in [1.82, 2.24) is 9.47 Å². The van der Waals surface area contributed by atoms with Crippen LogP contribution in [0.1, 0.15) is 0 Å². The van der Waals surface area contributed by atoms with Crippen LogP contribution >= 0.6 is 0 Å². The Morgan fingerprint density at radius 1 is 1.09 bits per heavy atom. The molecule has 5 nitrogen and oxygen atoms in total. The maximum Gasteiger partial charge on any atom is 0.228 e. The molecular formula is C17H19FN4O.